The van der Waals surface area contributed by atoms with Gasteiger partial charge >= 0.3 is 0 Å². The maximum Gasteiger partial charge on any atom is 0.0572 e. The highest BCUT2D eigenvalue weighted by Crippen LogP contribution is 2.19. The van der Waals surface area contributed by atoms with E-state index in [0.29, 0.717) is 0 Å². The van der Waals surface area contributed by atoms with Crippen LogP contribution in [-0.4, -0.2) is 11.5 Å². The van der Waals surface area contributed by atoms with Crippen molar-refractivity contribution >= 4 is 5.69 Å². The zero-order chi connectivity index (χ0) is 14.4. The summed E-state index contributed by atoms with van der Waals surface area (Å²) in [6, 6.07) is 14.7. The molecule has 0 amide bonds. The predicted molar refractivity (Wildman–Crippen MR) is 84.6 cm³/mol. The van der Waals surface area contributed by atoms with Crippen LogP contribution < -0.4 is 10.6 Å². The number of benzene rings is 1. The van der Waals surface area contributed by atoms with E-state index in [1.54, 1.807) is 0 Å². The lowest BCUT2D eigenvalue weighted by molar-refractivity contribution is 0.674. The van der Waals surface area contributed by atoms with Crippen LogP contribution in [0.2, 0.25) is 0 Å². The lowest BCUT2D eigenvalue weighted by Crippen LogP contribution is -2.22. The lowest BCUT2D eigenvalue weighted by atomic mass is 10.1. The Kier molecular flexibility index (Phi) is 5.13. The van der Waals surface area contributed by atoms with Crippen LogP contribution in [0.15, 0.2) is 48.7 Å². The van der Waals surface area contributed by atoms with Crippen LogP contribution in [0, 0.1) is 0 Å². The first-order chi connectivity index (χ1) is 9.74. The molecule has 0 bridgehead atoms. The van der Waals surface area contributed by atoms with Crippen molar-refractivity contribution in [3.05, 3.63) is 59.9 Å². The summed E-state index contributed by atoms with van der Waals surface area (Å²) >= 11 is 0. The predicted octanol–water partition coefficient (Wildman–Crippen LogP) is 3.52. The summed E-state index contributed by atoms with van der Waals surface area (Å²) in [5.41, 5.74) is 9.42. The summed E-state index contributed by atoms with van der Waals surface area (Å²) in [5.74, 6) is 0. The molecule has 2 rings (SSSR count). The van der Waals surface area contributed by atoms with Crippen LogP contribution in [0.25, 0.3) is 0 Å². The fraction of sp³-hybridized carbons (Fsp3) is 0.353. The number of aromatic nitrogens is 1. The maximum absolute atomic E-state index is 6.00. The van der Waals surface area contributed by atoms with Gasteiger partial charge in [-0.25, -0.2) is 0 Å². The minimum Gasteiger partial charge on any atom is -0.366 e. The van der Waals surface area contributed by atoms with Crippen molar-refractivity contribution < 1.29 is 0 Å². The quantitative estimate of drug-likeness (QED) is 0.872. The van der Waals surface area contributed by atoms with Gasteiger partial charge in [-0.2, -0.15) is 0 Å². The summed E-state index contributed by atoms with van der Waals surface area (Å²) in [6.07, 6.45) is 2.84. The molecule has 0 unspecified atom stereocenters. The zero-order valence-electron chi connectivity index (χ0n) is 12.3. The molecule has 0 saturated carbocycles. The van der Waals surface area contributed by atoms with E-state index in [1.165, 1.54) is 5.56 Å². The van der Waals surface area contributed by atoms with Crippen LogP contribution in [0.1, 0.15) is 37.6 Å². The SMILES string of the molecule is CC[C@H](N)c1ccc(N(CC)Cc2ccccc2)cn1. The number of hydrogen-bond donors (Lipinski definition) is 1. The molecule has 0 aliphatic rings. The highest BCUT2D eigenvalue weighted by atomic mass is 15.1. The Balaban J connectivity index is 2.11. The van der Waals surface area contributed by atoms with Crippen molar-refractivity contribution in [2.75, 3.05) is 11.4 Å². The normalized spacial score (nSPS) is 12.2. The van der Waals surface area contributed by atoms with Gasteiger partial charge in [-0.15, -0.1) is 0 Å². The first-order valence-electron chi connectivity index (χ1n) is 7.25. The van der Waals surface area contributed by atoms with Crippen molar-refractivity contribution in [1.82, 2.24) is 4.98 Å². The maximum atomic E-state index is 6.00. The van der Waals surface area contributed by atoms with E-state index in [2.05, 4.69) is 54.1 Å². The third-order valence-electron chi connectivity index (χ3n) is 3.55. The fourth-order valence-corrected chi connectivity index (χ4v) is 2.20. The Hall–Kier alpha value is -1.87. The summed E-state index contributed by atoms with van der Waals surface area (Å²) in [4.78, 5) is 6.80. The van der Waals surface area contributed by atoms with Crippen LogP contribution in [0.3, 0.4) is 0 Å². The Morgan fingerprint density at radius 2 is 1.85 bits per heavy atom. The first-order valence-corrected chi connectivity index (χ1v) is 7.25. The minimum atomic E-state index is 0.0354. The second kappa shape index (κ2) is 7.06. The average Bonchev–Trinajstić information content (AvgIpc) is 2.53. The highest BCUT2D eigenvalue weighted by molar-refractivity contribution is 5.45. The third-order valence-corrected chi connectivity index (χ3v) is 3.55. The fourth-order valence-electron chi connectivity index (χ4n) is 2.20. The van der Waals surface area contributed by atoms with Crippen molar-refractivity contribution in [2.24, 2.45) is 5.73 Å². The van der Waals surface area contributed by atoms with E-state index in [-0.39, 0.29) is 6.04 Å². The molecule has 2 N–H and O–H groups in total. The summed E-state index contributed by atoms with van der Waals surface area (Å²) in [5, 5.41) is 0. The molecular formula is C17H23N3. The molecule has 3 heteroatoms. The van der Waals surface area contributed by atoms with Gasteiger partial charge < -0.3 is 10.6 Å². The zero-order valence-corrected chi connectivity index (χ0v) is 12.3. The minimum absolute atomic E-state index is 0.0354. The first kappa shape index (κ1) is 14.5. The second-order valence-electron chi connectivity index (χ2n) is 4.96. The van der Waals surface area contributed by atoms with Gasteiger partial charge in [-0.3, -0.25) is 4.98 Å². The van der Waals surface area contributed by atoms with Gasteiger partial charge in [0.2, 0.25) is 0 Å². The molecule has 3 nitrogen and oxygen atoms in total. The molecule has 106 valence electrons. The van der Waals surface area contributed by atoms with Gasteiger partial charge in [0.05, 0.1) is 17.6 Å². The van der Waals surface area contributed by atoms with Crippen LogP contribution >= 0.6 is 0 Å². The van der Waals surface area contributed by atoms with E-state index in [9.17, 15) is 0 Å². The number of anilines is 1. The number of hydrogen-bond acceptors (Lipinski definition) is 3. The lowest BCUT2D eigenvalue weighted by Gasteiger charge is -2.23. The summed E-state index contributed by atoms with van der Waals surface area (Å²) in [7, 11) is 0. The molecule has 1 aromatic heterocycles. The third kappa shape index (κ3) is 3.58. The van der Waals surface area contributed by atoms with Gasteiger partial charge in [0.25, 0.3) is 0 Å². The Bertz CT molecular complexity index is 508. The molecule has 0 aliphatic heterocycles. The van der Waals surface area contributed by atoms with Gasteiger partial charge in [0.15, 0.2) is 0 Å². The molecule has 0 aliphatic carbocycles. The number of rotatable bonds is 6. The average molecular weight is 269 g/mol. The van der Waals surface area contributed by atoms with Crippen molar-refractivity contribution in [3.8, 4) is 0 Å². The monoisotopic (exact) mass is 269 g/mol. The van der Waals surface area contributed by atoms with Gasteiger partial charge in [-0.05, 0) is 31.0 Å². The van der Waals surface area contributed by atoms with Crippen LogP contribution in [-0.2, 0) is 6.54 Å². The van der Waals surface area contributed by atoms with Crippen LogP contribution in [0.4, 0.5) is 5.69 Å². The molecule has 0 spiro atoms. The topological polar surface area (TPSA) is 42.1 Å². The largest absolute Gasteiger partial charge is 0.366 e. The molecular weight excluding hydrogens is 246 g/mol. The smallest absolute Gasteiger partial charge is 0.0572 e. The van der Waals surface area contributed by atoms with Crippen molar-refractivity contribution in [3.63, 3.8) is 0 Å². The summed E-state index contributed by atoms with van der Waals surface area (Å²) < 4.78 is 0. The Morgan fingerprint density at radius 1 is 1.10 bits per heavy atom. The van der Waals surface area contributed by atoms with E-state index >= 15 is 0 Å². The molecule has 1 heterocycles. The number of nitrogens with zero attached hydrogens (tertiary/aromatic N) is 2. The highest BCUT2D eigenvalue weighted by Gasteiger charge is 2.08. The summed E-state index contributed by atoms with van der Waals surface area (Å²) in [6.45, 7) is 6.09. The second-order valence-corrected chi connectivity index (χ2v) is 4.96. The van der Waals surface area contributed by atoms with Gasteiger partial charge in [-0.1, -0.05) is 37.3 Å². The van der Waals surface area contributed by atoms with E-state index in [4.69, 9.17) is 5.73 Å². The number of nitrogens with two attached hydrogens (primary N) is 1. The number of pyridine rings is 1. The van der Waals surface area contributed by atoms with Crippen molar-refractivity contribution in [1.29, 1.82) is 0 Å². The molecule has 20 heavy (non-hydrogen) atoms. The molecule has 1 aromatic carbocycles. The Morgan fingerprint density at radius 3 is 2.40 bits per heavy atom. The van der Waals surface area contributed by atoms with Gasteiger partial charge in [0.1, 0.15) is 0 Å². The Labute approximate surface area is 121 Å². The molecule has 0 saturated heterocycles. The molecule has 2 aromatic rings. The van der Waals surface area contributed by atoms with Crippen LogP contribution in [0.5, 0.6) is 0 Å². The van der Waals surface area contributed by atoms with Gasteiger partial charge in [0, 0.05) is 19.1 Å². The van der Waals surface area contributed by atoms with E-state index < -0.39 is 0 Å². The van der Waals surface area contributed by atoms with E-state index in [0.717, 1.165) is 30.9 Å². The molecule has 0 fully saturated rings. The standard InChI is InChI=1S/C17H23N3/c1-3-16(18)17-11-10-15(12-19-17)20(4-2)13-14-8-6-5-7-9-14/h5-12,16H,3-4,13,18H2,1-2H3/t16-/m0/s1. The molecule has 1 atom stereocenters. The van der Waals surface area contributed by atoms with Crippen molar-refractivity contribution in [2.45, 2.75) is 32.9 Å². The van der Waals surface area contributed by atoms with E-state index in [1.807, 2.05) is 18.3 Å². The molecule has 0 radical (unpaired) electrons.